The highest BCUT2D eigenvalue weighted by atomic mass is 32.2. The molecule has 2 aliphatic rings. The van der Waals surface area contributed by atoms with E-state index in [4.69, 9.17) is 9.72 Å². The summed E-state index contributed by atoms with van der Waals surface area (Å²) in [4.78, 5) is 21.8. The lowest BCUT2D eigenvalue weighted by Gasteiger charge is -2.41. The number of sulfone groups is 1. The highest BCUT2D eigenvalue weighted by Crippen LogP contribution is 2.46. The maximum atomic E-state index is 12.6. The molecule has 1 aliphatic carbocycles. The van der Waals surface area contributed by atoms with Gasteiger partial charge in [0.1, 0.15) is 11.9 Å². The van der Waals surface area contributed by atoms with Gasteiger partial charge in [-0.3, -0.25) is 4.79 Å². The fraction of sp³-hybridized carbons (Fsp3) is 0.500. The van der Waals surface area contributed by atoms with Crippen molar-refractivity contribution in [3.8, 4) is 17.2 Å². The van der Waals surface area contributed by atoms with Gasteiger partial charge in [0.25, 0.3) is 0 Å². The molecule has 0 radical (unpaired) electrons. The number of piperazine rings is 1. The summed E-state index contributed by atoms with van der Waals surface area (Å²) < 4.78 is 29.4. The van der Waals surface area contributed by atoms with Crippen LogP contribution < -0.4 is 4.90 Å². The van der Waals surface area contributed by atoms with Gasteiger partial charge in [0.15, 0.2) is 9.84 Å². The monoisotopic (exact) mass is 496 g/mol. The number of rotatable bonds is 7. The third-order valence-corrected chi connectivity index (χ3v) is 7.96. The Balaban J connectivity index is 1.73. The lowest BCUT2D eigenvalue weighted by Crippen LogP contribution is -2.54. The zero-order chi connectivity index (χ0) is 25.3. The molecule has 1 aliphatic heterocycles. The SMILES string of the molecule is COCCC(=O)N1CCN(c2nc(C3CC3)c(-c3cccc(S(C)(=O)=O)c3)c(C)c2C#N)CC1C. The van der Waals surface area contributed by atoms with Gasteiger partial charge in [-0.05, 0) is 49.9 Å². The Morgan fingerprint density at radius 2 is 2.03 bits per heavy atom. The predicted molar refractivity (Wildman–Crippen MR) is 134 cm³/mol. The van der Waals surface area contributed by atoms with Crippen LogP contribution in [0.2, 0.25) is 0 Å². The van der Waals surface area contributed by atoms with E-state index >= 15 is 0 Å². The fourth-order valence-electron chi connectivity index (χ4n) is 4.83. The molecule has 0 spiro atoms. The van der Waals surface area contributed by atoms with Crippen LogP contribution in [0.1, 0.15) is 48.9 Å². The maximum absolute atomic E-state index is 12.6. The molecule has 2 heterocycles. The highest BCUT2D eigenvalue weighted by Gasteiger charge is 2.34. The molecule has 4 rings (SSSR count). The van der Waals surface area contributed by atoms with Crippen molar-refractivity contribution in [2.24, 2.45) is 0 Å². The highest BCUT2D eigenvalue weighted by molar-refractivity contribution is 7.90. The van der Waals surface area contributed by atoms with E-state index in [1.807, 2.05) is 24.8 Å². The van der Waals surface area contributed by atoms with E-state index in [0.29, 0.717) is 50.0 Å². The number of hydrogen-bond donors (Lipinski definition) is 0. The normalized spacial score (nSPS) is 18.4. The molecule has 1 aromatic heterocycles. The number of nitriles is 1. The molecule has 0 N–H and O–H groups in total. The molecule has 2 aromatic rings. The van der Waals surface area contributed by atoms with Crippen LogP contribution in [0.15, 0.2) is 29.2 Å². The van der Waals surface area contributed by atoms with Crippen LogP contribution in [0.5, 0.6) is 0 Å². The van der Waals surface area contributed by atoms with Gasteiger partial charge in [0.2, 0.25) is 5.91 Å². The van der Waals surface area contributed by atoms with Crippen LogP contribution in [0.25, 0.3) is 11.1 Å². The molecule has 1 saturated carbocycles. The van der Waals surface area contributed by atoms with Crippen molar-refractivity contribution >= 4 is 21.6 Å². The number of hydrogen-bond acceptors (Lipinski definition) is 7. The Bertz CT molecular complexity index is 1280. The summed E-state index contributed by atoms with van der Waals surface area (Å²) in [5.74, 6) is 1.03. The van der Waals surface area contributed by atoms with Crippen LogP contribution >= 0.6 is 0 Å². The van der Waals surface area contributed by atoms with Crippen molar-refractivity contribution in [2.45, 2.75) is 50.0 Å². The van der Waals surface area contributed by atoms with Crippen LogP contribution in [-0.4, -0.2) is 69.9 Å². The van der Waals surface area contributed by atoms with E-state index in [-0.39, 0.29) is 16.8 Å². The summed E-state index contributed by atoms with van der Waals surface area (Å²) in [7, 11) is -1.77. The third kappa shape index (κ3) is 5.19. The minimum atomic E-state index is -3.36. The average molecular weight is 497 g/mol. The van der Waals surface area contributed by atoms with Crippen LogP contribution in [0, 0.1) is 18.3 Å². The average Bonchev–Trinajstić information content (AvgIpc) is 3.67. The first-order valence-corrected chi connectivity index (χ1v) is 13.8. The van der Waals surface area contributed by atoms with Crippen molar-refractivity contribution in [3.63, 3.8) is 0 Å². The second-order valence-corrected chi connectivity index (χ2v) is 11.5. The molecule has 186 valence electrons. The van der Waals surface area contributed by atoms with Crippen LogP contribution in [0.3, 0.4) is 0 Å². The summed E-state index contributed by atoms with van der Waals surface area (Å²) in [5, 5.41) is 10.1. The third-order valence-electron chi connectivity index (χ3n) is 6.85. The van der Waals surface area contributed by atoms with Crippen molar-refractivity contribution in [2.75, 3.05) is 44.5 Å². The fourth-order valence-corrected chi connectivity index (χ4v) is 5.49. The molecule has 1 aromatic carbocycles. The molecule has 0 bridgehead atoms. The molecule has 2 fully saturated rings. The Hall–Kier alpha value is -2.96. The molecular weight excluding hydrogens is 464 g/mol. The minimum Gasteiger partial charge on any atom is -0.384 e. The van der Waals surface area contributed by atoms with Crippen LogP contribution in [-0.2, 0) is 19.4 Å². The van der Waals surface area contributed by atoms with E-state index in [9.17, 15) is 18.5 Å². The first-order valence-electron chi connectivity index (χ1n) is 11.9. The molecule has 1 saturated heterocycles. The van der Waals surface area contributed by atoms with Gasteiger partial charge in [-0.25, -0.2) is 13.4 Å². The number of ether oxygens (including phenoxy) is 1. The van der Waals surface area contributed by atoms with Gasteiger partial charge in [-0.15, -0.1) is 0 Å². The summed E-state index contributed by atoms with van der Waals surface area (Å²) in [6, 6.07) is 9.24. The molecule has 1 atom stereocenters. The van der Waals surface area contributed by atoms with Crippen LogP contribution in [0.4, 0.5) is 5.82 Å². The smallest absolute Gasteiger partial charge is 0.225 e. The lowest BCUT2D eigenvalue weighted by atomic mass is 9.93. The summed E-state index contributed by atoms with van der Waals surface area (Å²) >= 11 is 0. The van der Waals surface area contributed by atoms with Crippen molar-refractivity contribution in [1.82, 2.24) is 9.88 Å². The largest absolute Gasteiger partial charge is 0.384 e. The number of amides is 1. The molecule has 9 heteroatoms. The summed E-state index contributed by atoms with van der Waals surface area (Å²) in [5.41, 5.74) is 3.87. The zero-order valence-corrected chi connectivity index (χ0v) is 21.6. The number of carbonyl (C=O) groups is 1. The van der Waals surface area contributed by atoms with Gasteiger partial charge < -0.3 is 14.5 Å². The second-order valence-electron chi connectivity index (χ2n) is 9.51. The molecule has 35 heavy (non-hydrogen) atoms. The number of pyridine rings is 1. The number of nitrogens with zero attached hydrogens (tertiary/aromatic N) is 4. The van der Waals surface area contributed by atoms with Gasteiger partial charge in [0.05, 0.1) is 29.2 Å². The second kappa shape index (κ2) is 9.96. The van der Waals surface area contributed by atoms with E-state index in [1.54, 1.807) is 25.3 Å². The maximum Gasteiger partial charge on any atom is 0.225 e. The molecule has 1 amide bonds. The van der Waals surface area contributed by atoms with Gasteiger partial charge in [-0.2, -0.15) is 5.26 Å². The summed E-state index contributed by atoms with van der Waals surface area (Å²) in [6.07, 6.45) is 3.60. The van der Waals surface area contributed by atoms with Crippen molar-refractivity contribution in [1.29, 1.82) is 5.26 Å². The Morgan fingerprint density at radius 3 is 2.63 bits per heavy atom. The number of aromatic nitrogens is 1. The quantitative estimate of drug-likeness (QED) is 0.579. The van der Waals surface area contributed by atoms with Gasteiger partial charge >= 0.3 is 0 Å². The Morgan fingerprint density at radius 1 is 1.29 bits per heavy atom. The standard InChI is InChI=1S/C26H32N4O4S/c1-17-16-29(11-12-30(17)23(31)10-13-34-3)26-22(15-27)18(2)24(25(28-26)19-8-9-19)20-6-5-7-21(14-20)35(4,32)33/h5-7,14,17,19H,8-13,16H2,1-4H3. The minimum absolute atomic E-state index is 0.0164. The molecule has 1 unspecified atom stereocenters. The van der Waals surface area contributed by atoms with E-state index in [1.165, 1.54) is 6.26 Å². The number of methoxy groups -OCH3 is 1. The lowest BCUT2D eigenvalue weighted by molar-refractivity contribution is -0.134. The van der Waals surface area contributed by atoms with Gasteiger partial charge in [-0.1, -0.05) is 12.1 Å². The number of benzene rings is 1. The summed E-state index contributed by atoms with van der Waals surface area (Å²) in [6.45, 7) is 6.09. The first kappa shape index (κ1) is 25.1. The van der Waals surface area contributed by atoms with E-state index < -0.39 is 9.84 Å². The topological polar surface area (TPSA) is 104 Å². The van der Waals surface area contributed by atoms with Gasteiger partial charge in [0, 0.05) is 50.5 Å². The van der Waals surface area contributed by atoms with Crippen molar-refractivity contribution in [3.05, 3.63) is 41.1 Å². The predicted octanol–water partition coefficient (Wildman–Crippen LogP) is 3.28. The molecule has 8 nitrogen and oxygen atoms in total. The zero-order valence-electron chi connectivity index (χ0n) is 20.7. The Kier molecular flexibility index (Phi) is 7.15. The van der Waals surface area contributed by atoms with E-state index in [0.717, 1.165) is 35.2 Å². The Labute approximate surface area is 207 Å². The number of carbonyl (C=O) groups excluding carboxylic acids is 1. The first-order chi connectivity index (χ1) is 16.7. The number of anilines is 1. The van der Waals surface area contributed by atoms with Crippen molar-refractivity contribution < 1.29 is 17.9 Å². The molecular formula is C26H32N4O4S. The van der Waals surface area contributed by atoms with E-state index in [2.05, 4.69) is 11.0 Å².